The van der Waals surface area contributed by atoms with Crippen LogP contribution < -0.4 is 4.74 Å². The van der Waals surface area contributed by atoms with Gasteiger partial charge in [-0.1, -0.05) is 60.1 Å². The molecule has 0 aliphatic carbocycles. The van der Waals surface area contributed by atoms with Crippen molar-refractivity contribution < 1.29 is 24.2 Å². The Balaban J connectivity index is 2.47. The van der Waals surface area contributed by atoms with Crippen LogP contribution in [-0.4, -0.2) is 47.9 Å². The standard InChI is InChI=1S/C30H45NO5S/c1-10-14-21-19-22(15-16-23(21)36-20-29(8,34)28(5,6)7)30(11-2,12-3)25-18-17-24(37-25)26(32)31(13-4)27(33)35-9/h15-19,34H,10-14,20H2,1-9H3. The van der Waals surface area contributed by atoms with Gasteiger partial charge in [0.1, 0.15) is 18.0 Å². The number of benzene rings is 1. The van der Waals surface area contributed by atoms with Gasteiger partial charge in [0.2, 0.25) is 0 Å². The summed E-state index contributed by atoms with van der Waals surface area (Å²) in [5.74, 6) is 0.461. The fourth-order valence-electron chi connectivity index (χ4n) is 4.38. The van der Waals surface area contributed by atoms with E-state index in [9.17, 15) is 14.7 Å². The number of hydrogen-bond acceptors (Lipinski definition) is 6. The number of aliphatic hydroxyl groups is 1. The molecule has 1 unspecified atom stereocenters. The summed E-state index contributed by atoms with van der Waals surface area (Å²) in [6.45, 7) is 16.5. The van der Waals surface area contributed by atoms with Crippen molar-refractivity contribution in [1.29, 1.82) is 0 Å². The monoisotopic (exact) mass is 531 g/mol. The summed E-state index contributed by atoms with van der Waals surface area (Å²) in [6, 6.07) is 10.2. The summed E-state index contributed by atoms with van der Waals surface area (Å²) in [4.78, 5) is 27.8. The molecule has 2 aromatic rings. The molecule has 0 radical (unpaired) electrons. The van der Waals surface area contributed by atoms with E-state index in [1.54, 1.807) is 6.92 Å². The normalized spacial score (nSPS) is 13.7. The number of carbonyl (C=O) groups excluding carboxylic acids is 2. The smallest absolute Gasteiger partial charge is 0.416 e. The van der Waals surface area contributed by atoms with Crippen LogP contribution in [0.25, 0.3) is 0 Å². The van der Waals surface area contributed by atoms with Gasteiger partial charge in [0, 0.05) is 16.8 Å². The van der Waals surface area contributed by atoms with Crippen LogP contribution in [0.15, 0.2) is 30.3 Å². The zero-order valence-corrected chi connectivity index (χ0v) is 24.9. The summed E-state index contributed by atoms with van der Waals surface area (Å²) in [6.07, 6.45) is 2.90. The minimum atomic E-state index is -0.970. The molecule has 0 bridgehead atoms. The van der Waals surface area contributed by atoms with Gasteiger partial charge in [-0.25, -0.2) is 9.69 Å². The number of nitrogens with zero attached hydrogens (tertiary/aromatic N) is 1. The highest BCUT2D eigenvalue weighted by Crippen LogP contribution is 2.44. The quantitative estimate of drug-likeness (QED) is 0.331. The first-order valence-corrected chi connectivity index (χ1v) is 14.1. The van der Waals surface area contributed by atoms with E-state index >= 15 is 0 Å². The third-order valence-electron chi connectivity index (χ3n) is 7.71. The zero-order valence-electron chi connectivity index (χ0n) is 24.1. The van der Waals surface area contributed by atoms with E-state index in [4.69, 9.17) is 9.47 Å². The van der Waals surface area contributed by atoms with Crippen LogP contribution in [0.4, 0.5) is 4.79 Å². The molecule has 1 N–H and O–H groups in total. The molecule has 0 spiro atoms. The molecule has 7 heteroatoms. The Labute approximate surface area is 227 Å². The van der Waals surface area contributed by atoms with Gasteiger partial charge in [-0.3, -0.25) is 4.79 Å². The van der Waals surface area contributed by atoms with Gasteiger partial charge in [0.05, 0.1) is 12.0 Å². The summed E-state index contributed by atoms with van der Waals surface area (Å²) in [7, 11) is 1.28. The zero-order chi connectivity index (χ0) is 28.0. The lowest BCUT2D eigenvalue weighted by molar-refractivity contribution is -0.0726. The Morgan fingerprint density at radius 1 is 1.00 bits per heavy atom. The Kier molecular flexibility index (Phi) is 10.4. The first-order valence-electron chi connectivity index (χ1n) is 13.3. The van der Waals surface area contributed by atoms with E-state index in [0.717, 1.165) is 46.8 Å². The number of carbonyl (C=O) groups is 2. The topological polar surface area (TPSA) is 76.1 Å². The van der Waals surface area contributed by atoms with Crippen molar-refractivity contribution in [3.8, 4) is 5.75 Å². The van der Waals surface area contributed by atoms with Crippen LogP contribution >= 0.6 is 11.3 Å². The van der Waals surface area contributed by atoms with E-state index in [2.05, 4.69) is 32.9 Å². The maximum Gasteiger partial charge on any atom is 0.416 e. The Morgan fingerprint density at radius 3 is 2.16 bits per heavy atom. The lowest BCUT2D eigenvalue weighted by atomic mass is 9.74. The minimum Gasteiger partial charge on any atom is -0.490 e. The van der Waals surface area contributed by atoms with Crippen molar-refractivity contribution in [2.75, 3.05) is 20.3 Å². The average molecular weight is 532 g/mol. The molecule has 206 valence electrons. The molecule has 6 nitrogen and oxygen atoms in total. The van der Waals surface area contributed by atoms with Crippen molar-refractivity contribution in [3.05, 3.63) is 51.2 Å². The molecule has 0 aliphatic rings. The van der Waals surface area contributed by atoms with E-state index in [1.165, 1.54) is 24.0 Å². The van der Waals surface area contributed by atoms with Crippen LogP contribution in [0.2, 0.25) is 0 Å². The number of rotatable bonds is 11. The first kappa shape index (κ1) is 30.8. The number of hydrogen-bond donors (Lipinski definition) is 1. The Morgan fingerprint density at radius 2 is 1.65 bits per heavy atom. The van der Waals surface area contributed by atoms with E-state index in [-0.39, 0.29) is 29.9 Å². The highest BCUT2D eigenvalue weighted by atomic mass is 32.1. The average Bonchev–Trinajstić information content (AvgIpc) is 3.35. The number of imide groups is 1. The van der Waals surface area contributed by atoms with Gasteiger partial charge in [0.25, 0.3) is 5.91 Å². The number of amides is 2. The van der Waals surface area contributed by atoms with Crippen LogP contribution in [0.3, 0.4) is 0 Å². The van der Waals surface area contributed by atoms with E-state index in [1.807, 2.05) is 45.9 Å². The van der Waals surface area contributed by atoms with Gasteiger partial charge >= 0.3 is 6.09 Å². The van der Waals surface area contributed by atoms with Gasteiger partial charge in [0.15, 0.2) is 0 Å². The molecule has 1 atom stereocenters. The largest absolute Gasteiger partial charge is 0.490 e. The second-order valence-corrected chi connectivity index (χ2v) is 11.9. The van der Waals surface area contributed by atoms with Crippen LogP contribution in [-0.2, 0) is 16.6 Å². The summed E-state index contributed by atoms with van der Waals surface area (Å²) >= 11 is 1.44. The summed E-state index contributed by atoms with van der Waals surface area (Å²) in [5.41, 5.74) is 0.738. The molecular weight excluding hydrogens is 486 g/mol. The summed E-state index contributed by atoms with van der Waals surface area (Å²) in [5, 5.41) is 10.9. The lowest BCUT2D eigenvalue weighted by Crippen LogP contribution is -2.45. The lowest BCUT2D eigenvalue weighted by Gasteiger charge is -2.37. The highest BCUT2D eigenvalue weighted by Gasteiger charge is 2.37. The third kappa shape index (κ3) is 6.55. The van der Waals surface area contributed by atoms with Crippen molar-refractivity contribution in [1.82, 2.24) is 4.90 Å². The molecule has 2 rings (SSSR count). The molecule has 0 aliphatic heterocycles. The SMILES string of the molecule is CCCc1cc(C(CC)(CC)c2ccc(C(=O)N(CC)C(=O)OC)s2)ccc1OCC(C)(O)C(C)(C)C. The predicted octanol–water partition coefficient (Wildman–Crippen LogP) is 7.21. The number of ether oxygens (including phenoxy) is 2. The molecule has 0 saturated carbocycles. The highest BCUT2D eigenvalue weighted by molar-refractivity contribution is 7.14. The Hall–Kier alpha value is -2.38. The minimum absolute atomic E-state index is 0.212. The molecule has 0 saturated heterocycles. The maximum atomic E-state index is 13.0. The van der Waals surface area contributed by atoms with Crippen LogP contribution in [0.5, 0.6) is 5.75 Å². The van der Waals surface area contributed by atoms with Crippen LogP contribution in [0.1, 0.15) is 100 Å². The molecule has 1 aromatic carbocycles. The molecule has 2 amide bonds. The van der Waals surface area contributed by atoms with Crippen molar-refractivity contribution in [2.45, 2.75) is 92.1 Å². The second kappa shape index (κ2) is 12.4. The number of aryl methyl sites for hydroxylation is 1. The van der Waals surface area contributed by atoms with Gasteiger partial charge in [-0.15, -0.1) is 11.3 Å². The fourth-order valence-corrected chi connectivity index (χ4v) is 5.68. The van der Waals surface area contributed by atoms with Crippen molar-refractivity contribution >= 4 is 23.3 Å². The van der Waals surface area contributed by atoms with Gasteiger partial charge in [-0.05, 0) is 67.9 Å². The van der Waals surface area contributed by atoms with E-state index < -0.39 is 11.7 Å². The van der Waals surface area contributed by atoms with Crippen molar-refractivity contribution in [2.24, 2.45) is 5.41 Å². The molecular formula is C30H45NO5S. The Bertz CT molecular complexity index is 1060. The van der Waals surface area contributed by atoms with Crippen molar-refractivity contribution in [3.63, 3.8) is 0 Å². The molecule has 37 heavy (non-hydrogen) atoms. The number of thiophene rings is 1. The molecule has 1 heterocycles. The maximum absolute atomic E-state index is 13.0. The van der Waals surface area contributed by atoms with Gasteiger partial charge < -0.3 is 14.6 Å². The van der Waals surface area contributed by atoms with Crippen LogP contribution in [0, 0.1) is 5.41 Å². The molecule has 0 fully saturated rings. The van der Waals surface area contributed by atoms with Gasteiger partial charge in [-0.2, -0.15) is 0 Å². The number of methoxy groups -OCH3 is 1. The predicted molar refractivity (Wildman–Crippen MR) is 151 cm³/mol. The third-order valence-corrected chi connectivity index (χ3v) is 8.99. The molecule has 1 aromatic heterocycles. The summed E-state index contributed by atoms with van der Waals surface area (Å²) < 4.78 is 11.0. The first-order chi connectivity index (χ1) is 17.3. The second-order valence-electron chi connectivity index (χ2n) is 10.9. The van der Waals surface area contributed by atoms with E-state index in [0.29, 0.717) is 4.88 Å². The fraction of sp³-hybridized carbons (Fsp3) is 0.600.